The van der Waals surface area contributed by atoms with Crippen LogP contribution < -0.4 is 10.0 Å². The maximum absolute atomic E-state index is 12.7. The fourth-order valence-corrected chi connectivity index (χ4v) is 4.77. The first-order valence-electron chi connectivity index (χ1n) is 9.77. The number of anilines is 1. The van der Waals surface area contributed by atoms with Crippen molar-refractivity contribution < 1.29 is 13.2 Å². The standard InChI is InChI=1S/C22H28N2O3S/c1-4-5-14-23-21(25)22(12-13-22)18-8-10-19(11-9-18)24-28(26,27)20-15-16(2)6-7-17(20)3/h6-11,15,24H,4-5,12-14H2,1-3H3,(H,23,25). The molecule has 0 radical (unpaired) electrons. The van der Waals surface area contributed by atoms with Gasteiger partial charge in [-0.25, -0.2) is 8.42 Å². The number of sulfonamides is 1. The molecule has 0 bridgehead atoms. The van der Waals surface area contributed by atoms with Gasteiger partial charge in [0.1, 0.15) is 0 Å². The second-order valence-electron chi connectivity index (χ2n) is 7.64. The molecule has 28 heavy (non-hydrogen) atoms. The first-order valence-corrected chi connectivity index (χ1v) is 11.3. The highest BCUT2D eigenvalue weighted by Gasteiger charge is 2.50. The topological polar surface area (TPSA) is 75.3 Å². The Hall–Kier alpha value is -2.34. The predicted octanol–water partition coefficient (Wildman–Crippen LogP) is 4.05. The van der Waals surface area contributed by atoms with Crippen molar-refractivity contribution in [3.8, 4) is 0 Å². The summed E-state index contributed by atoms with van der Waals surface area (Å²) in [6, 6.07) is 12.5. The number of carbonyl (C=O) groups is 1. The van der Waals surface area contributed by atoms with Crippen LogP contribution in [0.25, 0.3) is 0 Å². The monoisotopic (exact) mass is 400 g/mol. The van der Waals surface area contributed by atoms with E-state index in [4.69, 9.17) is 0 Å². The summed E-state index contributed by atoms with van der Waals surface area (Å²) >= 11 is 0. The lowest BCUT2D eigenvalue weighted by atomic mass is 9.94. The quantitative estimate of drug-likeness (QED) is 0.657. The van der Waals surface area contributed by atoms with Crippen LogP contribution in [-0.4, -0.2) is 20.9 Å². The molecule has 2 aromatic rings. The molecule has 1 aliphatic rings. The van der Waals surface area contributed by atoms with Gasteiger partial charge in [-0.2, -0.15) is 0 Å². The van der Waals surface area contributed by atoms with Gasteiger partial charge in [0, 0.05) is 12.2 Å². The molecule has 5 nitrogen and oxygen atoms in total. The maximum Gasteiger partial charge on any atom is 0.262 e. The van der Waals surface area contributed by atoms with Crippen LogP contribution in [0, 0.1) is 13.8 Å². The molecule has 1 aliphatic carbocycles. The molecule has 150 valence electrons. The fraction of sp³-hybridized carbons (Fsp3) is 0.409. The van der Waals surface area contributed by atoms with Crippen LogP contribution in [0.5, 0.6) is 0 Å². The van der Waals surface area contributed by atoms with E-state index < -0.39 is 15.4 Å². The first-order chi connectivity index (χ1) is 13.3. The Labute approximate surface area is 167 Å². The van der Waals surface area contributed by atoms with Gasteiger partial charge in [-0.1, -0.05) is 37.6 Å². The summed E-state index contributed by atoms with van der Waals surface area (Å²) in [7, 11) is -3.66. The van der Waals surface area contributed by atoms with E-state index in [1.54, 1.807) is 31.2 Å². The lowest BCUT2D eigenvalue weighted by Crippen LogP contribution is -2.35. The van der Waals surface area contributed by atoms with E-state index in [0.717, 1.165) is 36.8 Å². The Balaban J connectivity index is 1.74. The lowest BCUT2D eigenvalue weighted by molar-refractivity contribution is -0.123. The molecule has 1 fully saturated rings. The molecule has 0 saturated heterocycles. The van der Waals surface area contributed by atoms with Crippen molar-refractivity contribution in [3.63, 3.8) is 0 Å². The van der Waals surface area contributed by atoms with Gasteiger partial charge in [-0.05, 0) is 68.0 Å². The summed E-state index contributed by atoms with van der Waals surface area (Å²) in [6.07, 6.45) is 3.68. The van der Waals surface area contributed by atoms with Crippen molar-refractivity contribution in [1.29, 1.82) is 0 Å². The van der Waals surface area contributed by atoms with Crippen LogP contribution >= 0.6 is 0 Å². The molecule has 2 aromatic carbocycles. The molecule has 0 heterocycles. The number of carbonyl (C=O) groups excluding carboxylic acids is 1. The third kappa shape index (κ3) is 4.22. The first kappa shape index (κ1) is 20.4. The van der Waals surface area contributed by atoms with E-state index >= 15 is 0 Å². The smallest absolute Gasteiger partial charge is 0.262 e. The molecule has 0 aromatic heterocycles. The van der Waals surface area contributed by atoms with Gasteiger partial charge in [0.15, 0.2) is 0 Å². The summed E-state index contributed by atoms with van der Waals surface area (Å²) in [5, 5.41) is 3.02. The third-order valence-electron chi connectivity index (χ3n) is 5.32. The van der Waals surface area contributed by atoms with Crippen LogP contribution in [0.3, 0.4) is 0 Å². The van der Waals surface area contributed by atoms with Crippen molar-refractivity contribution in [3.05, 3.63) is 59.2 Å². The summed E-state index contributed by atoms with van der Waals surface area (Å²) in [5.74, 6) is 0.0738. The Bertz CT molecular complexity index is 962. The van der Waals surface area contributed by atoms with Crippen molar-refractivity contribution in [2.75, 3.05) is 11.3 Å². The number of nitrogens with one attached hydrogen (secondary N) is 2. The van der Waals surface area contributed by atoms with Crippen molar-refractivity contribution in [2.45, 2.75) is 56.8 Å². The summed E-state index contributed by atoms with van der Waals surface area (Å²) < 4.78 is 28.1. The third-order valence-corrected chi connectivity index (χ3v) is 6.85. The van der Waals surface area contributed by atoms with Gasteiger partial charge in [-0.3, -0.25) is 9.52 Å². The van der Waals surface area contributed by atoms with Crippen LogP contribution in [-0.2, 0) is 20.2 Å². The molecular weight excluding hydrogens is 372 g/mol. The molecule has 1 amide bonds. The minimum absolute atomic E-state index is 0.0738. The molecule has 0 atom stereocenters. The highest BCUT2D eigenvalue weighted by molar-refractivity contribution is 7.92. The van der Waals surface area contributed by atoms with Crippen molar-refractivity contribution >= 4 is 21.6 Å². The molecule has 1 saturated carbocycles. The number of hydrogen-bond donors (Lipinski definition) is 2. The average molecular weight is 401 g/mol. The van der Waals surface area contributed by atoms with E-state index in [9.17, 15) is 13.2 Å². The zero-order valence-corrected chi connectivity index (χ0v) is 17.5. The number of rotatable bonds is 8. The minimum Gasteiger partial charge on any atom is -0.355 e. The minimum atomic E-state index is -3.66. The number of hydrogen-bond acceptors (Lipinski definition) is 3. The Morgan fingerprint density at radius 1 is 1.07 bits per heavy atom. The molecule has 0 aliphatic heterocycles. The maximum atomic E-state index is 12.7. The van der Waals surface area contributed by atoms with Crippen LogP contribution in [0.4, 0.5) is 5.69 Å². The SMILES string of the molecule is CCCCNC(=O)C1(c2ccc(NS(=O)(=O)c3cc(C)ccc3C)cc2)CC1. The van der Waals surface area contributed by atoms with Crippen LogP contribution in [0.15, 0.2) is 47.4 Å². The van der Waals surface area contributed by atoms with E-state index in [1.165, 1.54) is 0 Å². The number of aryl methyl sites for hydroxylation is 2. The van der Waals surface area contributed by atoms with Crippen molar-refractivity contribution in [2.24, 2.45) is 0 Å². The molecule has 0 unspecified atom stereocenters. The van der Waals surface area contributed by atoms with E-state index in [0.29, 0.717) is 17.8 Å². The Morgan fingerprint density at radius 2 is 1.75 bits per heavy atom. The van der Waals surface area contributed by atoms with E-state index in [1.807, 2.05) is 25.1 Å². The summed E-state index contributed by atoms with van der Waals surface area (Å²) in [5.41, 5.74) is 2.59. The van der Waals surface area contributed by atoms with Gasteiger partial charge in [-0.15, -0.1) is 0 Å². The number of benzene rings is 2. The second-order valence-corrected chi connectivity index (χ2v) is 9.29. The molecule has 2 N–H and O–H groups in total. The van der Waals surface area contributed by atoms with Gasteiger partial charge in [0.2, 0.25) is 5.91 Å². The zero-order valence-electron chi connectivity index (χ0n) is 16.7. The summed E-state index contributed by atoms with van der Waals surface area (Å²) in [4.78, 5) is 12.8. The molecule has 0 spiro atoms. The largest absolute Gasteiger partial charge is 0.355 e. The Morgan fingerprint density at radius 3 is 2.36 bits per heavy atom. The van der Waals surface area contributed by atoms with Crippen LogP contribution in [0.2, 0.25) is 0 Å². The molecule has 3 rings (SSSR count). The van der Waals surface area contributed by atoms with Gasteiger partial charge < -0.3 is 5.32 Å². The van der Waals surface area contributed by atoms with Crippen molar-refractivity contribution in [1.82, 2.24) is 5.32 Å². The van der Waals surface area contributed by atoms with E-state index in [-0.39, 0.29) is 10.8 Å². The fourth-order valence-electron chi connectivity index (χ4n) is 3.38. The summed E-state index contributed by atoms with van der Waals surface area (Å²) in [6.45, 7) is 6.45. The zero-order chi connectivity index (χ0) is 20.4. The highest BCUT2D eigenvalue weighted by Crippen LogP contribution is 2.48. The number of unbranched alkanes of at least 4 members (excludes halogenated alkanes) is 1. The van der Waals surface area contributed by atoms with Gasteiger partial charge in [0.25, 0.3) is 10.0 Å². The lowest BCUT2D eigenvalue weighted by Gasteiger charge is -2.17. The number of amides is 1. The van der Waals surface area contributed by atoms with E-state index in [2.05, 4.69) is 17.0 Å². The predicted molar refractivity (Wildman–Crippen MR) is 112 cm³/mol. The van der Waals surface area contributed by atoms with Gasteiger partial charge >= 0.3 is 0 Å². The van der Waals surface area contributed by atoms with Crippen LogP contribution in [0.1, 0.15) is 49.3 Å². The second kappa shape index (κ2) is 7.95. The Kier molecular flexibility index (Phi) is 5.79. The van der Waals surface area contributed by atoms with Gasteiger partial charge in [0.05, 0.1) is 10.3 Å². The molecule has 6 heteroatoms. The normalized spacial score (nSPS) is 15.1. The highest BCUT2D eigenvalue weighted by atomic mass is 32.2. The molecular formula is C22H28N2O3S. The average Bonchev–Trinajstić information content (AvgIpc) is 3.46.